The fourth-order valence-electron chi connectivity index (χ4n) is 3.37. The van der Waals surface area contributed by atoms with Gasteiger partial charge in [-0.15, -0.1) is 0 Å². The molecule has 2 unspecified atom stereocenters. The molecular formula is C18H30N2. The molecule has 1 aliphatic rings. The van der Waals surface area contributed by atoms with Gasteiger partial charge in [0.1, 0.15) is 0 Å². The lowest BCUT2D eigenvalue weighted by Gasteiger charge is -2.28. The molecule has 2 rings (SSSR count). The van der Waals surface area contributed by atoms with Crippen LogP contribution in [0.2, 0.25) is 0 Å². The molecule has 1 aliphatic heterocycles. The minimum Gasteiger partial charge on any atom is -0.371 e. The predicted octanol–water partition coefficient (Wildman–Crippen LogP) is 4.37. The minimum atomic E-state index is 0.432. The fourth-order valence-corrected chi connectivity index (χ4v) is 3.37. The van der Waals surface area contributed by atoms with Gasteiger partial charge in [-0.05, 0) is 50.3 Å². The molecule has 112 valence electrons. The number of anilines is 1. The Kier molecular flexibility index (Phi) is 5.90. The van der Waals surface area contributed by atoms with Gasteiger partial charge in [-0.1, -0.05) is 38.5 Å². The van der Waals surface area contributed by atoms with E-state index in [1.807, 2.05) is 0 Å². The van der Waals surface area contributed by atoms with Gasteiger partial charge in [0.2, 0.25) is 0 Å². The first kappa shape index (κ1) is 15.4. The third kappa shape index (κ3) is 3.76. The van der Waals surface area contributed by atoms with Gasteiger partial charge in [0.25, 0.3) is 0 Å². The monoisotopic (exact) mass is 274 g/mol. The maximum atomic E-state index is 3.55. The van der Waals surface area contributed by atoms with Crippen LogP contribution in [0.15, 0.2) is 24.3 Å². The summed E-state index contributed by atoms with van der Waals surface area (Å²) >= 11 is 0. The van der Waals surface area contributed by atoms with Crippen LogP contribution in [-0.4, -0.2) is 19.6 Å². The molecule has 0 aliphatic carbocycles. The van der Waals surface area contributed by atoms with Crippen molar-refractivity contribution in [1.82, 2.24) is 5.32 Å². The molecule has 0 bridgehead atoms. The van der Waals surface area contributed by atoms with Crippen LogP contribution >= 0.6 is 0 Å². The average Bonchev–Trinajstić information content (AvgIpc) is 2.73. The van der Waals surface area contributed by atoms with Gasteiger partial charge in [0.05, 0.1) is 0 Å². The third-order valence-corrected chi connectivity index (χ3v) is 4.68. The van der Waals surface area contributed by atoms with Crippen LogP contribution < -0.4 is 10.2 Å². The van der Waals surface area contributed by atoms with E-state index in [0.717, 1.165) is 12.5 Å². The predicted molar refractivity (Wildman–Crippen MR) is 88.4 cm³/mol. The lowest BCUT2D eigenvalue weighted by atomic mass is 9.98. The topological polar surface area (TPSA) is 15.3 Å². The van der Waals surface area contributed by atoms with Gasteiger partial charge in [-0.2, -0.15) is 0 Å². The lowest BCUT2D eigenvalue weighted by molar-refractivity contribution is 0.459. The summed E-state index contributed by atoms with van der Waals surface area (Å²) in [6, 6.07) is 9.36. The molecule has 2 heteroatoms. The van der Waals surface area contributed by atoms with Crippen molar-refractivity contribution in [1.29, 1.82) is 0 Å². The highest BCUT2D eigenvalue weighted by atomic mass is 15.1. The molecule has 1 fully saturated rings. The maximum absolute atomic E-state index is 3.55. The quantitative estimate of drug-likeness (QED) is 0.857. The number of nitrogens with zero attached hydrogens (tertiary/aromatic N) is 1. The SMILES string of the molecule is CCNC(C)c1ccccc1N1CCCC(CC)CC1. The Morgan fingerprint density at radius 2 is 2.00 bits per heavy atom. The maximum Gasteiger partial charge on any atom is 0.0414 e. The Morgan fingerprint density at radius 3 is 2.75 bits per heavy atom. The zero-order valence-electron chi connectivity index (χ0n) is 13.4. The van der Waals surface area contributed by atoms with Gasteiger partial charge in [0.15, 0.2) is 0 Å². The first-order chi connectivity index (χ1) is 9.76. The summed E-state index contributed by atoms with van der Waals surface area (Å²) in [7, 11) is 0. The van der Waals surface area contributed by atoms with Crippen molar-refractivity contribution in [2.75, 3.05) is 24.5 Å². The van der Waals surface area contributed by atoms with E-state index in [9.17, 15) is 0 Å². The van der Waals surface area contributed by atoms with E-state index in [1.165, 1.54) is 50.0 Å². The molecule has 1 aromatic carbocycles. The van der Waals surface area contributed by atoms with Crippen molar-refractivity contribution in [2.24, 2.45) is 5.92 Å². The number of benzene rings is 1. The van der Waals surface area contributed by atoms with Crippen molar-refractivity contribution in [3.05, 3.63) is 29.8 Å². The van der Waals surface area contributed by atoms with Gasteiger partial charge in [-0.3, -0.25) is 0 Å². The largest absolute Gasteiger partial charge is 0.371 e. The Hall–Kier alpha value is -1.02. The highest BCUT2D eigenvalue weighted by Crippen LogP contribution is 2.30. The van der Waals surface area contributed by atoms with Crippen LogP contribution in [0.1, 0.15) is 58.1 Å². The summed E-state index contributed by atoms with van der Waals surface area (Å²) in [5.41, 5.74) is 2.89. The second-order valence-electron chi connectivity index (χ2n) is 6.03. The molecule has 0 spiro atoms. The number of para-hydroxylation sites is 1. The molecule has 1 aromatic rings. The van der Waals surface area contributed by atoms with E-state index in [2.05, 4.69) is 55.3 Å². The normalized spacial score (nSPS) is 21.6. The fraction of sp³-hybridized carbons (Fsp3) is 0.667. The van der Waals surface area contributed by atoms with Crippen molar-refractivity contribution in [3.63, 3.8) is 0 Å². The first-order valence-corrected chi connectivity index (χ1v) is 8.33. The molecule has 0 amide bonds. The van der Waals surface area contributed by atoms with Crippen molar-refractivity contribution < 1.29 is 0 Å². The standard InChI is InChI=1S/C18H30N2/c1-4-16-9-8-13-20(14-12-16)18-11-7-6-10-17(18)15(3)19-5-2/h6-7,10-11,15-16,19H,4-5,8-9,12-14H2,1-3H3. The summed E-state index contributed by atoms with van der Waals surface area (Å²) in [4.78, 5) is 2.61. The Bertz CT molecular complexity index is 402. The molecule has 0 saturated carbocycles. The summed E-state index contributed by atoms with van der Waals surface area (Å²) < 4.78 is 0. The van der Waals surface area contributed by atoms with Gasteiger partial charge in [0, 0.05) is 24.8 Å². The zero-order chi connectivity index (χ0) is 14.4. The van der Waals surface area contributed by atoms with Gasteiger partial charge < -0.3 is 10.2 Å². The number of rotatable bonds is 5. The molecule has 2 nitrogen and oxygen atoms in total. The van der Waals surface area contributed by atoms with Crippen LogP contribution in [0.25, 0.3) is 0 Å². The second kappa shape index (κ2) is 7.68. The molecular weight excluding hydrogens is 244 g/mol. The summed E-state index contributed by atoms with van der Waals surface area (Å²) in [5, 5.41) is 3.55. The van der Waals surface area contributed by atoms with Crippen LogP contribution in [0.4, 0.5) is 5.69 Å². The summed E-state index contributed by atoms with van der Waals surface area (Å²) in [6.45, 7) is 10.2. The van der Waals surface area contributed by atoms with Crippen molar-refractivity contribution >= 4 is 5.69 Å². The van der Waals surface area contributed by atoms with E-state index in [-0.39, 0.29) is 0 Å². The number of hydrogen-bond donors (Lipinski definition) is 1. The third-order valence-electron chi connectivity index (χ3n) is 4.68. The highest BCUT2D eigenvalue weighted by Gasteiger charge is 2.19. The molecule has 2 atom stereocenters. The molecule has 1 saturated heterocycles. The van der Waals surface area contributed by atoms with Gasteiger partial charge in [-0.25, -0.2) is 0 Å². The zero-order valence-corrected chi connectivity index (χ0v) is 13.4. The Balaban J connectivity index is 2.15. The van der Waals surface area contributed by atoms with E-state index in [0.29, 0.717) is 6.04 Å². The number of hydrogen-bond acceptors (Lipinski definition) is 2. The smallest absolute Gasteiger partial charge is 0.0414 e. The first-order valence-electron chi connectivity index (χ1n) is 8.33. The van der Waals surface area contributed by atoms with E-state index >= 15 is 0 Å². The summed E-state index contributed by atoms with van der Waals surface area (Å²) in [6.07, 6.45) is 5.42. The van der Waals surface area contributed by atoms with Gasteiger partial charge >= 0.3 is 0 Å². The number of nitrogens with one attached hydrogen (secondary N) is 1. The van der Waals surface area contributed by atoms with Crippen molar-refractivity contribution in [3.8, 4) is 0 Å². The van der Waals surface area contributed by atoms with Crippen LogP contribution in [0.3, 0.4) is 0 Å². The van der Waals surface area contributed by atoms with Crippen molar-refractivity contribution in [2.45, 2.75) is 52.5 Å². The average molecular weight is 274 g/mol. The lowest BCUT2D eigenvalue weighted by Crippen LogP contribution is -2.27. The molecule has 1 heterocycles. The van der Waals surface area contributed by atoms with Crippen LogP contribution in [0.5, 0.6) is 0 Å². The van der Waals surface area contributed by atoms with E-state index in [4.69, 9.17) is 0 Å². The molecule has 1 N–H and O–H groups in total. The van der Waals surface area contributed by atoms with E-state index < -0.39 is 0 Å². The molecule has 0 aromatic heterocycles. The Morgan fingerprint density at radius 1 is 1.20 bits per heavy atom. The summed E-state index contributed by atoms with van der Waals surface area (Å²) in [5.74, 6) is 0.929. The van der Waals surface area contributed by atoms with Crippen LogP contribution in [0, 0.1) is 5.92 Å². The highest BCUT2D eigenvalue weighted by molar-refractivity contribution is 5.55. The minimum absolute atomic E-state index is 0.432. The van der Waals surface area contributed by atoms with E-state index in [1.54, 1.807) is 0 Å². The molecule has 0 radical (unpaired) electrons. The second-order valence-corrected chi connectivity index (χ2v) is 6.03. The molecule has 20 heavy (non-hydrogen) atoms. The Labute approximate surface area is 124 Å². The van der Waals surface area contributed by atoms with Crippen LogP contribution in [-0.2, 0) is 0 Å².